The van der Waals surface area contributed by atoms with Crippen LogP contribution in [0.4, 0.5) is 0 Å². The monoisotopic (exact) mass is 287 g/mol. The molecule has 1 rings (SSSR count). The van der Waals surface area contributed by atoms with Gasteiger partial charge in [0.2, 0.25) is 5.91 Å². The van der Waals surface area contributed by atoms with Crippen LogP contribution in [-0.2, 0) is 4.79 Å². The average Bonchev–Trinajstić information content (AvgIpc) is 2.36. The van der Waals surface area contributed by atoms with Crippen molar-refractivity contribution in [1.82, 2.24) is 14.9 Å². The van der Waals surface area contributed by atoms with Gasteiger partial charge in [-0.1, -0.05) is 31.7 Å². The molecule has 0 saturated carbocycles. The van der Waals surface area contributed by atoms with E-state index in [1.54, 1.807) is 11.9 Å². The minimum absolute atomic E-state index is 0.234. The van der Waals surface area contributed by atoms with Crippen LogP contribution in [0.3, 0.4) is 0 Å². The highest BCUT2D eigenvalue weighted by atomic mass is 32.2. The zero-order valence-electron chi connectivity index (χ0n) is 12.4. The zero-order chi connectivity index (χ0) is 13.9. The molecule has 1 fully saturated rings. The number of unbranched alkanes of at least 4 members (excludes halogenated alkanes) is 3. The van der Waals surface area contributed by atoms with Gasteiger partial charge < -0.3 is 5.32 Å². The van der Waals surface area contributed by atoms with E-state index >= 15 is 0 Å². The number of rotatable bonds is 11. The zero-order valence-corrected chi connectivity index (χ0v) is 13.2. The lowest BCUT2D eigenvalue weighted by Crippen LogP contribution is -2.59. The predicted octanol–water partition coefficient (Wildman–Crippen LogP) is 2.01. The van der Waals surface area contributed by atoms with Gasteiger partial charge >= 0.3 is 0 Å². The van der Waals surface area contributed by atoms with E-state index in [-0.39, 0.29) is 5.91 Å². The largest absolute Gasteiger partial charge is 0.351 e. The van der Waals surface area contributed by atoms with Crippen LogP contribution in [0.15, 0.2) is 0 Å². The van der Waals surface area contributed by atoms with Gasteiger partial charge in [-0.05, 0) is 32.1 Å². The molecule has 1 amide bonds. The van der Waals surface area contributed by atoms with Crippen molar-refractivity contribution in [3.05, 3.63) is 0 Å². The highest BCUT2D eigenvalue weighted by Gasteiger charge is 2.26. The van der Waals surface area contributed by atoms with Crippen LogP contribution < -0.4 is 10.0 Å². The summed E-state index contributed by atoms with van der Waals surface area (Å²) in [7, 11) is 0. The summed E-state index contributed by atoms with van der Waals surface area (Å²) >= 11 is 1.66. The van der Waals surface area contributed by atoms with E-state index in [0.717, 1.165) is 38.9 Å². The maximum Gasteiger partial charge on any atom is 0.220 e. The first-order valence-corrected chi connectivity index (χ1v) is 8.76. The summed E-state index contributed by atoms with van der Waals surface area (Å²) in [6.45, 7) is 6.53. The molecular formula is C14H29N3OS. The molecule has 0 atom stereocenters. The van der Waals surface area contributed by atoms with Crippen LogP contribution in [0.5, 0.6) is 0 Å². The molecule has 19 heavy (non-hydrogen) atoms. The minimum Gasteiger partial charge on any atom is -0.351 e. The Bertz CT molecular complexity index is 245. The second-order valence-corrected chi connectivity index (χ2v) is 5.98. The lowest BCUT2D eigenvalue weighted by Gasteiger charge is -2.39. The van der Waals surface area contributed by atoms with E-state index in [4.69, 9.17) is 0 Å². The molecule has 0 aromatic heterocycles. The van der Waals surface area contributed by atoms with Gasteiger partial charge in [0.15, 0.2) is 0 Å². The molecule has 0 aromatic carbocycles. The molecule has 0 aromatic rings. The summed E-state index contributed by atoms with van der Waals surface area (Å²) in [5, 5.41) is 3.12. The van der Waals surface area contributed by atoms with Crippen LogP contribution in [0.25, 0.3) is 0 Å². The summed E-state index contributed by atoms with van der Waals surface area (Å²) in [6, 6.07) is 0.405. The fourth-order valence-electron chi connectivity index (χ4n) is 2.29. The van der Waals surface area contributed by atoms with Crippen molar-refractivity contribution < 1.29 is 4.79 Å². The third kappa shape index (κ3) is 7.80. The molecular weight excluding hydrogens is 258 g/mol. The first-order chi connectivity index (χ1) is 9.26. The third-order valence-corrected chi connectivity index (χ3v) is 3.97. The number of nitrogens with zero attached hydrogens (tertiary/aromatic N) is 1. The Labute approximate surface area is 122 Å². The van der Waals surface area contributed by atoms with Crippen LogP contribution in [0.2, 0.25) is 0 Å². The van der Waals surface area contributed by atoms with E-state index < -0.39 is 0 Å². The fraction of sp³-hybridized carbons (Fsp3) is 0.929. The number of hydrogen-bond donors (Lipinski definition) is 2. The Kier molecular flexibility index (Phi) is 9.30. The van der Waals surface area contributed by atoms with E-state index in [9.17, 15) is 4.79 Å². The Hall–Kier alpha value is -0.260. The average molecular weight is 287 g/mol. The molecule has 2 N–H and O–H groups in total. The summed E-state index contributed by atoms with van der Waals surface area (Å²) < 4.78 is 3.22. The van der Waals surface area contributed by atoms with Gasteiger partial charge in [-0.25, -0.2) is 0 Å². The summed E-state index contributed by atoms with van der Waals surface area (Å²) in [6.07, 6.45) is 8.54. The van der Waals surface area contributed by atoms with Gasteiger partial charge in [-0.2, -0.15) is 0 Å². The Morgan fingerprint density at radius 3 is 2.74 bits per heavy atom. The van der Waals surface area contributed by atoms with Crippen molar-refractivity contribution >= 4 is 17.9 Å². The molecule has 0 aliphatic carbocycles. The van der Waals surface area contributed by atoms with Gasteiger partial charge in [0.25, 0.3) is 0 Å². The summed E-state index contributed by atoms with van der Waals surface area (Å²) in [5.74, 6) is 0.234. The maximum absolute atomic E-state index is 11.7. The second kappa shape index (κ2) is 10.5. The van der Waals surface area contributed by atoms with Crippen LogP contribution in [0.1, 0.15) is 45.4 Å². The van der Waals surface area contributed by atoms with Gasteiger partial charge in [0.05, 0.1) is 6.04 Å². The van der Waals surface area contributed by atoms with Crippen molar-refractivity contribution in [2.45, 2.75) is 51.5 Å². The second-order valence-electron chi connectivity index (χ2n) is 5.29. The lowest BCUT2D eigenvalue weighted by molar-refractivity contribution is -0.123. The van der Waals surface area contributed by atoms with Crippen molar-refractivity contribution in [3.8, 4) is 0 Å². The van der Waals surface area contributed by atoms with E-state index in [0.29, 0.717) is 12.5 Å². The fourth-order valence-corrected chi connectivity index (χ4v) is 2.64. The third-order valence-electron chi connectivity index (χ3n) is 3.48. The van der Waals surface area contributed by atoms with Crippen LogP contribution >= 0.6 is 11.9 Å². The van der Waals surface area contributed by atoms with Gasteiger partial charge in [0.1, 0.15) is 0 Å². The highest BCUT2D eigenvalue weighted by Crippen LogP contribution is 2.09. The topological polar surface area (TPSA) is 44.4 Å². The van der Waals surface area contributed by atoms with Gasteiger partial charge in [-0.3, -0.25) is 14.4 Å². The van der Waals surface area contributed by atoms with Gasteiger partial charge in [0, 0.05) is 26.1 Å². The highest BCUT2D eigenvalue weighted by molar-refractivity contribution is 7.96. The lowest BCUT2D eigenvalue weighted by atomic mass is 10.1. The molecule has 1 saturated heterocycles. The predicted molar refractivity (Wildman–Crippen MR) is 83.3 cm³/mol. The number of hydrogen-bond acceptors (Lipinski definition) is 4. The van der Waals surface area contributed by atoms with Crippen molar-refractivity contribution in [2.24, 2.45) is 0 Å². The molecule has 0 spiro atoms. The smallest absolute Gasteiger partial charge is 0.220 e. The standard InChI is InChI=1S/C14H29N3OS/c1-3-4-10-17-11-13(12-17)16-14(18)8-6-5-7-9-15-19-2/h13,15H,3-12H2,1-2H3,(H,16,18). The maximum atomic E-state index is 11.7. The van der Waals surface area contributed by atoms with Gasteiger partial charge in [-0.15, -0.1) is 0 Å². The van der Waals surface area contributed by atoms with Crippen LogP contribution in [0, 0.1) is 0 Å². The number of carbonyl (C=O) groups is 1. The molecule has 0 radical (unpaired) electrons. The molecule has 112 valence electrons. The quantitative estimate of drug-likeness (QED) is 0.451. The molecule has 1 aliphatic rings. The van der Waals surface area contributed by atoms with Crippen molar-refractivity contribution in [3.63, 3.8) is 0 Å². The van der Waals surface area contributed by atoms with E-state index in [1.807, 2.05) is 6.26 Å². The van der Waals surface area contributed by atoms with Crippen molar-refractivity contribution in [2.75, 3.05) is 32.4 Å². The Morgan fingerprint density at radius 1 is 1.26 bits per heavy atom. The van der Waals surface area contributed by atoms with E-state index in [2.05, 4.69) is 21.9 Å². The Morgan fingerprint density at radius 2 is 2.05 bits per heavy atom. The molecule has 0 unspecified atom stereocenters. The first-order valence-electron chi connectivity index (χ1n) is 7.53. The number of likely N-dealkylation sites (tertiary alicyclic amines) is 1. The Balaban J connectivity index is 1.89. The summed E-state index contributed by atoms with van der Waals surface area (Å²) in [4.78, 5) is 14.1. The van der Waals surface area contributed by atoms with Crippen LogP contribution in [-0.4, -0.2) is 49.3 Å². The number of carbonyl (C=O) groups excluding carboxylic acids is 1. The van der Waals surface area contributed by atoms with Crippen molar-refractivity contribution in [1.29, 1.82) is 0 Å². The molecule has 0 bridgehead atoms. The molecule has 1 aliphatic heterocycles. The summed E-state index contributed by atoms with van der Waals surface area (Å²) in [5.41, 5.74) is 0. The molecule has 4 nitrogen and oxygen atoms in total. The minimum atomic E-state index is 0.234. The molecule has 5 heteroatoms. The first kappa shape index (κ1) is 16.8. The SMILES string of the molecule is CCCCN1CC(NC(=O)CCCCCNSC)C1. The van der Waals surface area contributed by atoms with E-state index in [1.165, 1.54) is 19.4 Å². The number of nitrogens with one attached hydrogen (secondary N) is 2. The normalized spacial score (nSPS) is 16.3. The number of amides is 1. The molecule has 1 heterocycles.